The molecule has 0 aliphatic heterocycles. The molecule has 1 aromatic heterocycles. The molecular weight excluding hydrogens is 428 g/mol. The molecule has 178 valence electrons. The first-order valence-corrected chi connectivity index (χ1v) is 11.3. The van der Waals surface area contributed by atoms with Crippen molar-refractivity contribution in [1.29, 1.82) is 0 Å². The Morgan fingerprint density at radius 1 is 1.00 bits per heavy atom. The van der Waals surface area contributed by atoms with Gasteiger partial charge >= 0.3 is 0 Å². The average Bonchev–Trinajstić information content (AvgIpc) is 2.78. The highest BCUT2D eigenvalue weighted by molar-refractivity contribution is 5.94. The maximum absolute atomic E-state index is 12.8. The Kier molecular flexibility index (Phi) is 8.02. The van der Waals surface area contributed by atoms with Crippen LogP contribution in [0.1, 0.15) is 54.7 Å². The van der Waals surface area contributed by atoms with E-state index in [1.807, 2.05) is 36.4 Å². The molecule has 0 saturated heterocycles. The molecule has 2 aromatic carbocycles. The number of carbonyl (C=O) groups is 2. The van der Waals surface area contributed by atoms with E-state index in [0.717, 1.165) is 16.7 Å². The van der Waals surface area contributed by atoms with Crippen molar-refractivity contribution in [3.05, 3.63) is 83.0 Å². The van der Waals surface area contributed by atoms with Crippen LogP contribution < -0.4 is 21.1 Å². The molecule has 0 radical (unpaired) electrons. The van der Waals surface area contributed by atoms with E-state index in [2.05, 4.69) is 42.5 Å². The van der Waals surface area contributed by atoms with Crippen molar-refractivity contribution in [2.75, 3.05) is 11.9 Å². The number of aromatic nitrogens is 1. The van der Waals surface area contributed by atoms with Crippen molar-refractivity contribution in [3.63, 3.8) is 0 Å². The molecule has 4 N–H and O–H groups in total. The zero-order chi connectivity index (χ0) is 24.7. The first kappa shape index (κ1) is 24.9. The molecule has 7 heteroatoms. The maximum Gasteiger partial charge on any atom is 0.251 e. The van der Waals surface area contributed by atoms with E-state index in [4.69, 9.17) is 10.5 Å². The van der Waals surface area contributed by atoms with Crippen LogP contribution in [0, 0.1) is 0 Å². The highest BCUT2D eigenvalue weighted by Gasteiger charge is 2.17. The monoisotopic (exact) mass is 460 g/mol. The van der Waals surface area contributed by atoms with Gasteiger partial charge in [-0.25, -0.2) is 4.98 Å². The summed E-state index contributed by atoms with van der Waals surface area (Å²) in [6.45, 7) is 8.66. The molecule has 0 spiro atoms. The number of rotatable bonds is 8. The van der Waals surface area contributed by atoms with E-state index >= 15 is 0 Å². The van der Waals surface area contributed by atoms with E-state index in [1.165, 1.54) is 6.92 Å². The van der Waals surface area contributed by atoms with E-state index < -0.39 is 0 Å². The molecule has 34 heavy (non-hydrogen) atoms. The van der Waals surface area contributed by atoms with Crippen molar-refractivity contribution in [2.45, 2.75) is 46.1 Å². The van der Waals surface area contributed by atoms with E-state index in [9.17, 15) is 9.59 Å². The number of pyridine rings is 1. The van der Waals surface area contributed by atoms with Crippen LogP contribution in [0.15, 0.2) is 60.8 Å². The van der Waals surface area contributed by atoms with Crippen LogP contribution in [0.3, 0.4) is 0 Å². The van der Waals surface area contributed by atoms with Crippen molar-refractivity contribution in [3.8, 4) is 11.5 Å². The normalized spacial score (nSPS) is 11.1. The predicted octanol–water partition coefficient (Wildman–Crippen LogP) is 4.56. The Labute approximate surface area is 200 Å². The molecule has 0 unspecified atom stereocenters. The summed E-state index contributed by atoms with van der Waals surface area (Å²) in [4.78, 5) is 28.1. The van der Waals surface area contributed by atoms with Crippen LogP contribution in [0.4, 0.5) is 5.82 Å². The number of hydrogen-bond donors (Lipinski definition) is 3. The smallest absolute Gasteiger partial charge is 0.251 e. The SMILES string of the molecule is CC(=O)Nc1cc(Oc2cccc(CCNC(=O)c3cc(CN)cc(C(C)(C)C)c3)c2)ccn1. The Balaban J connectivity index is 1.61. The van der Waals surface area contributed by atoms with Gasteiger partial charge in [0.15, 0.2) is 0 Å². The molecule has 2 amide bonds. The molecular formula is C27H32N4O3. The number of anilines is 1. The lowest BCUT2D eigenvalue weighted by Gasteiger charge is -2.21. The second-order valence-electron chi connectivity index (χ2n) is 9.19. The van der Waals surface area contributed by atoms with Crippen LogP contribution in [0.25, 0.3) is 0 Å². The van der Waals surface area contributed by atoms with Gasteiger partial charge in [0.25, 0.3) is 5.91 Å². The van der Waals surface area contributed by atoms with Gasteiger partial charge in [-0.15, -0.1) is 0 Å². The summed E-state index contributed by atoms with van der Waals surface area (Å²) in [5.41, 5.74) is 9.45. The summed E-state index contributed by atoms with van der Waals surface area (Å²) >= 11 is 0. The van der Waals surface area contributed by atoms with Gasteiger partial charge in [0.1, 0.15) is 17.3 Å². The summed E-state index contributed by atoms with van der Waals surface area (Å²) in [6.07, 6.45) is 2.23. The fourth-order valence-corrected chi connectivity index (χ4v) is 3.42. The molecule has 3 rings (SSSR count). The lowest BCUT2D eigenvalue weighted by molar-refractivity contribution is -0.114. The first-order chi connectivity index (χ1) is 16.1. The first-order valence-electron chi connectivity index (χ1n) is 11.3. The quantitative estimate of drug-likeness (QED) is 0.457. The number of amides is 2. The van der Waals surface area contributed by atoms with Crippen molar-refractivity contribution < 1.29 is 14.3 Å². The van der Waals surface area contributed by atoms with Gasteiger partial charge in [0.2, 0.25) is 5.91 Å². The van der Waals surface area contributed by atoms with Gasteiger partial charge in [0, 0.05) is 37.8 Å². The minimum absolute atomic E-state index is 0.0711. The van der Waals surface area contributed by atoms with Crippen LogP contribution in [-0.4, -0.2) is 23.3 Å². The largest absolute Gasteiger partial charge is 0.457 e. The Morgan fingerprint density at radius 3 is 2.47 bits per heavy atom. The zero-order valence-corrected chi connectivity index (χ0v) is 20.1. The number of nitrogens with one attached hydrogen (secondary N) is 2. The number of benzene rings is 2. The maximum atomic E-state index is 12.8. The Hall–Kier alpha value is -3.71. The molecule has 0 bridgehead atoms. The number of hydrogen-bond acceptors (Lipinski definition) is 5. The summed E-state index contributed by atoms with van der Waals surface area (Å²) < 4.78 is 5.92. The van der Waals surface area contributed by atoms with Gasteiger partial charge in [-0.05, 0) is 58.9 Å². The van der Waals surface area contributed by atoms with Gasteiger partial charge in [-0.2, -0.15) is 0 Å². The van der Waals surface area contributed by atoms with Gasteiger partial charge in [0.05, 0.1) is 0 Å². The van der Waals surface area contributed by atoms with Gasteiger partial charge in [-0.1, -0.05) is 39.0 Å². The highest BCUT2D eigenvalue weighted by atomic mass is 16.5. The molecule has 0 saturated carbocycles. The Bertz CT molecular complexity index is 1170. The minimum atomic E-state index is -0.196. The lowest BCUT2D eigenvalue weighted by Crippen LogP contribution is -2.26. The molecule has 7 nitrogen and oxygen atoms in total. The van der Waals surface area contributed by atoms with Crippen LogP contribution in [0.2, 0.25) is 0 Å². The van der Waals surface area contributed by atoms with Crippen LogP contribution in [-0.2, 0) is 23.2 Å². The van der Waals surface area contributed by atoms with Crippen molar-refractivity contribution in [2.24, 2.45) is 5.73 Å². The standard InChI is InChI=1S/C27H32N4O3/c1-18(32)31-25-16-24(9-11-29-25)34-23-7-5-6-19(14-23)8-10-30-26(33)21-12-20(17-28)13-22(15-21)27(2,3)4/h5-7,9,11-16H,8,10,17,28H2,1-4H3,(H,30,33)(H,29,31,32). The zero-order valence-electron chi connectivity index (χ0n) is 20.1. The lowest BCUT2D eigenvalue weighted by atomic mass is 9.85. The van der Waals surface area contributed by atoms with Crippen molar-refractivity contribution in [1.82, 2.24) is 10.3 Å². The van der Waals surface area contributed by atoms with Crippen LogP contribution in [0.5, 0.6) is 11.5 Å². The third-order valence-electron chi connectivity index (χ3n) is 5.23. The fraction of sp³-hybridized carbons (Fsp3) is 0.296. The van der Waals surface area contributed by atoms with E-state index in [1.54, 1.807) is 18.3 Å². The van der Waals surface area contributed by atoms with Crippen LogP contribution >= 0.6 is 0 Å². The number of nitrogens with zero attached hydrogens (tertiary/aromatic N) is 1. The highest BCUT2D eigenvalue weighted by Crippen LogP contribution is 2.25. The Morgan fingerprint density at radius 2 is 1.76 bits per heavy atom. The van der Waals surface area contributed by atoms with Gasteiger partial charge in [-0.3, -0.25) is 9.59 Å². The summed E-state index contributed by atoms with van der Waals surface area (Å²) in [5.74, 6) is 1.35. The molecule has 3 aromatic rings. The summed E-state index contributed by atoms with van der Waals surface area (Å²) in [6, 6.07) is 16.9. The molecule has 0 aliphatic carbocycles. The predicted molar refractivity (Wildman–Crippen MR) is 134 cm³/mol. The second-order valence-corrected chi connectivity index (χ2v) is 9.19. The molecule has 1 heterocycles. The number of ether oxygens (including phenoxy) is 1. The molecule has 0 fully saturated rings. The number of nitrogens with two attached hydrogens (primary N) is 1. The van der Waals surface area contributed by atoms with E-state index in [0.29, 0.717) is 42.4 Å². The third kappa shape index (κ3) is 7.15. The molecule has 0 atom stereocenters. The van der Waals surface area contributed by atoms with Gasteiger partial charge < -0.3 is 21.1 Å². The topological polar surface area (TPSA) is 106 Å². The summed E-state index contributed by atoms with van der Waals surface area (Å²) in [5, 5.41) is 5.64. The third-order valence-corrected chi connectivity index (χ3v) is 5.23. The summed E-state index contributed by atoms with van der Waals surface area (Å²) in [7, 11) is 0. The fourth-order valence-electron chi connectivity index (χ4n) is 3.42. The second kappa shape index (κ2) is 10.9. The minimum Gasteiger partial charge on any atom is -0.457 e. The average molecular weight is 461 g/mol. The van der Waals surface area contributed by atoms with E-state index in [-0.39, 0.29) is 17.2 Å². The number of carbonyl (C=O) groups excluding carboxylic acids is 2. The van der Waals surface area contributed by atoms with Crippen molar-refractivity contribution >= 4 is 17.6 Å². The molecule has 0 aliphatic rings.